The molecule has 4 aromatic rings. The van der Waals surface area contributed by atoms with E-state index >= 15 is 0 Å². The minimum atomic E-state index is -0.428. The Kier molecular flexibility index (Phi) is 6.28. The lowest BCUT2D eigenvalue weighted by atomic mass is 10.1. The van der Waals surface area contributed by atoms with Crippen LogP contribution in [0, 0.1) is 6.92 Å². The predicted octanol–water partition coefficient (Wildman–Crippen LogP) is 4.61. The van der Waals surface area contributed by atoms with Crippen molar-refractivity contribution in [3.05, 3.63) is 70.7 Å². The van der Waals surface area contributed by atoms with E-state index in [2.05, 4.69) is 10.3 Å². The van der Waals surface area contributed by atoms with Gasteiger partial charge in [0.25, 0.3) is 5.91 Å². The molecular weight excluding hydrogens is 440 g/mol. The average molecular weight is 463 g/mol. The maximum absolute atomic E-state index is 12.8. The number of amides is 1. The highest BCUT2D eigenvalue weighted by Gasteiger charge is 2.18. The number of aromatic nitrogens is 1. The van der Waals surface area contributed by atoms with Gasteiger partial charge in [0.2, 0.25) is 0 Å². The number of benzene rings is 2. The molecule has 0 fully saturated rings. The van der Waals surface area contributed by atoms with Gasteiger partial charge in [0.05, 0.1) is 20.8 Å². The van der Waals surface area contributed by atoms with Crippen LogP contribution in [-0.4, -0.2) is 42.5 Å². The van der Waals surface area contributed by atoms with Crippen LogP contribution in [0.3, 0.4) is 0 Å². The van der Waals surface area contributed by atoms with Crippen molar-refractivity contribution in [3.63, 3.8) is 0 Å². The zero-order valence-corrected chi connectivity index (χ0v) is 19.2. The smallest absolute Gasteiger partial charge is 0.251 e. The van der Waals surface area contributed by atoms with E-state index < -0.39 is 5.91 Å². The lowest BCUT2D eigenvalue weighted by molar-refractivity contribution is 0.0902. The number of hydrogen-bond donors (Lipinski definition) is 2. The number of aromatic hydroxyl groups is 1. The van der Waals surface area contributed by atoms with Crippen LogP contribution in [-0.2, 0) is 0 Å². The number of Topliss-reactive ketones (excluding diaryl/α,β-unsaturated/α-hetero) is 1. The van der Waals surface area contributed by atoms with Gasteiger partial charge in [-0.3, -0.25) is 9.59 Å². The summed E-state index contributed by atoms with van der Waals surface area (Å²) < 4.78 is 11.5. The summed E-state index contributed by atoms with van der Waals surface area (Å²) in [5.74, 6) is 0.104. The Labute approximate surface area is 194 Å². The third-order valence-corrected chi connectivity index (χ3v) is 6.40. The molecule has 0 aliphatic carbocycles. The zero-order valence-electron chi connectivity index (χ0n) is 18.3. The maximum atomic E-state index is 12.8. The molecule has 2 aromatic carbocycles. The number of rotatable bonds is 7. The fourth-order valence-corrected chi connectivity index (χ4v) is 4.55. The summed E-state index contributed by atoms with van der Waals surface area (Å²) in [6, 6.07) is 13.6. The Hall–Kier alpha value is -3.91. The number of nitrogens with zero attached hydrogens (tertiary/aromatic N) is 1. The van der Waals surface area contributed by atoms with E-state index in [1.54, 1.807) is 29.5 Å². The second-order valence-corrected chi connectivity index (χ2v) is 8.22. The van der Waals surface area contributed by atoms with Gasteiger partial charge in [-0.2, -0.15) is 0 Å². The van der Waals surface area contributed by atoms with E-state index in [1.165, 1.54) is 26.4 Å². The molecule has 0 aliphatic heterocycles. The Morgan fingerprint density at radius 1 is 1.06 bits per heavy atom. The van der Waals surface area contributed by atoms with Gasteiger partial charge in [0, 0.05) is 26.6 Å². The lowest BCUT2D eigenvalue weighted by Gasteiger charge is -2.10. The van der Waals surface area contributed by atoms with Crippen LogP contribution >= 0.6 is 11.3 Å². The van der Waals surface area contributed by atoms with Crippen LogP contribution in [0.1, 0.15) is 26.4 Å². The second-order valence-electron chi connectivity index (χ2n) is 7.34. The molecule has 168 valence electrons. The molecule has 2 heterocycles. The maximum Gasteiger partial charge on any atom is 0.251 e. The number of aryl methyl sites for hydroxylation is 1. The Morgan fingerprint density at radius 3 is 2.61 bits per heavy atom. The first-order valence-electron chi connectivity index (χ1n) is 10.1. The molecule has 0 atom stereocenters. The van der Waals surface area contributed by atoms with E-state index in [-0.39, 0.29) is 23.8 Å². The van der Waals surface area contributed by atoms with Crippen molar-refractivity contribution in [2.75, 3.05) is 20.8 Å². The number of carbonyl (C=O) groups excluding carboxylic acids is 2. The average Bonchev–Trinajstić information content (AvgIpc) is 3.27. The predicted molar refractivity (Wildman–Crippen MR) is 128 cm³/mol. The summed E-state index contributed by atoms with van der Waals surface area (Å²) >= 11 is 1.56. The summed E-state index contributed by atoms with van der Waals surface area (Å²) in [4.78, 5) is 29.7. The Bertz CT molecular complexity index is 1360. The highest BCUT2D eigenvalue weighted by Crippen LogP contribution is 2.38. The van der Waals surface area contributed by atoms with E-state index in [4.69, 9.17) is 9.47 Å². The topological polar surface area (TPSA) is 97.8 Å². The van der Waals surface area contributed by atoms with Crippen molar-refractivity contribution in [1.82, 2.24) is 10.3 Å². The van der Waals surface area contributed by atoms with Gasteiger partial charge in [-0.15, -0.1) is 11.3 Å². The van der Waals surface area contributed by atoms with Gasteiger partial charge in [-0.05, 0) is 42.8 Å². The van der Waals surface area contributed by atoms with E-state index in [0.29, 0.717) is 22.8 Å². The van der Waals surface area contributed by atoms with Crippen LogP contribution < -0.4 is 14.8 Å². The summed E-state index contributed by atoms with van der Waals surface area (Å²) in [5, 5.41) is 15.9. The summed E-state index contributed by atoms with van der Waals surface area (Å²) in [7, 11) is 2.99. The highest BCUT2D eigenvalue weighted by atomic mass is 32.1. The standard InChI is InChI=1S/C25H22N2O5S/c1-14-5-4-6-16-17(13-33-24(14)16)23-19(28)9-8-18(27-23)20(29)12-26-25(30)15-7-10-21(31-2)22(11-15)32-3/h4-11,13,28H,12H2,1-3H3,(H,26,30). The van der Waals surface area contributed by atoms with Gasteiger partial charge in [0.1, 0.15) is 17.1 Å². The molecule has 8 heteroatoms. The number of ether oxygens (including phenoxy) is 2. The molecule has 0 unspecified atom stereocenters. The summed E-state index contributed by atoms with van der Waals surface area (Å²) in [5.41, 5.74) is 2.72. The molecule has 7 nitrogen and oxygen atoms in total. The molecule has 0 spiro atoms. The van der Waals surface area contributed by atoms with Gasteiger partial charge >= 0.3 is 0 Å². The minimum absolute atomic E-state index is 0.0119. The van der Waals surface area contributed by atoms with Crippen molar-refractivity contribution < 1.29 is 24.2 Å². The number of thiophene rings is 1. The quantitative estimate of drug-likeness (QED) is 0.389. The number of pyridine rings is 1. The van der Waals surface area contributed by atoms with Crippen molar-refractivity contribution >= 4 is 33.1 Å². The number of fused-ring (bicyclic) bond motifs is 1. The molecule has 0 radical (unpaired) electrons. The van der Waals surface area contributed by atoms with Gasteiger partial charge in [0.15, 0.2) is 17.3 Å². The number of carbonyl (C=O) groups is 2. The molecule has 33 heavy (non-hydrogen) atoms. The summed E-state index contributed by atoms with van der Waals surface area (Å²) in [6.07, 6.45) is 0. The minimum Gasteiger partial charge on any atom is -0.506 e. The molecular formula is C25H22N2O5S. The van der Waals surface area contributed by atoms with Gasteiger partial charge < -0.3 is 19.9 Å². The molecule has 4 rings (SSSR count). The number of hydrogen-bond acceptors (Lipinski definition) is 7. The third-order valence-electron chi connectivity index (χ3n) is 5.27. The van der Waals surface area contributed by atoms with Gasteiger partial charge in [-0.25, -0.2) is 4.98 Å². The molecule has 0 aliphatic rings. The first kappa shape index (κ1) is 22.3. The monoisotopic (exact) mass is 462 g/mol. The van der Waals surface area contributed by atoms with E-state index in [9.17, 15) is 14.7 Å². The first-order valence-corrected chi connectivity index (χ1v) is 11.0. The van der Waals surface area contributed by atoms with Crippen LogP contribution in [0.25, 0.3) is 21.3 Å². The largest absolute Gasteiger partial charge is 0.506 e. The third kappa shape index (κ3) is 4.38. The van der Waals surface area contributed by atoms with Crippen LogP contribution in [0.5, 0.6) is 17.2 Å². The van der Waals surface area contributed by atoms with Crippen LogP contribution in [0.2, 0.25) is 0 Å². The molecule has 0 saturated heterocycles. The first-order chi connectivity index (χ1) is 15.9. The normalized spacial score (nSPS) is 10.8. The van der Waals surface area contributed by atoms with Crippen molar-refractivity contribution in [3.8, 4) is 28.5 Å². The SMILES string of the molecule is COc1ccc(C(=O)NCC(=O)c2ccc(O)c(-c3csc4c(C)cccc34)n2)cc1OC. The Balaban J connectivity index is 1.54. The number of methoxy groups -OCH3 is 2. The molecule has 2 aromatic heterocycles. The molecule has 0 saturated carbocycles. The van der Waals surface area contributed by atoms with E-state index in [1.807, 2.05) is 30.5 Å². The van der Waals surface area contributed by atoms with Crippen LogP contribution in [0.4, 0.5) is 0 Å². The van der Waals surface area contributed by atoms with Crippen molar-refractivity contribution in [1.29, 1.82) is 0 Å². The fraction of sp³-hybridized carbons (Fsp3) is 0.160. The summed E-state index contributed by atoms with van der Waals surface area (Å²) in [6.45, 7) is 1.78. The molecule has 0 bridgehead atoms. The van der Waals surface area contributed by atoms with Crippen LogP contribution in [0.15, 0.2) is 53.9 Å². The molecule has 1 amide bonds. The number of ketones is 1. The Morgan fingerprint density at radius 2 is 1.85 bits per heavy atom. The molecule has 2 N–H and O–H groups in total. The van der Waals surface area contributed by atoms with Crippen molar-refractivity contribution in [2.45, 2.75) is 6.92 Å². The van der Waals surface area contributed by atoms with E-state index in [0.717, 1.165) is 21.2 Å². The lowest BCUT2D eigenvalue weighted by Crippen LogP contribution is -2.30. The van der Waals surface area contributed by atoms with Gasteiger partial charge in [-0.1, -0.05) is 18.2 Å². The zero-order chi connectivity index (χ0) is 23.5. The fourth-order valence-electron chi connectivity index (χ4n) is 3.52. The highest BCUT2D eigenvalue weighted by molar-refractivity contribution is 7.18. The van der Waals surface area contributed by atoms with Crippen molar-refractivity contribution in [2.24, 2.45) is 0 Å². The second kappa shape index (κ2) is 9.30. The number of nitrogens with one attached hydrogen (secondary N) is 1.